The van der Waals surface area contributed by atoms with Crippen molar-refractivity contribution in [3.05, 3.63) is 53.0 Å². The molecule has 0 bridgehead atoms. The summed E-state index contributed by atoms with van der Waals surface area (Å²) < 4.78 is 1.01. The van der Waals surface area contributed by atoms with Crippen molar-refractivity contribution >= 4 is 44.5 Å². The zero-order valence-electron chi connectivity index (χ0n) is 13.4. The molecule has 1 heterocycles. The summed E-state index contributed by atoms with van der Waals surface area (Å²) in [4.78, 5) is 22.9. The molecular formula is C18H16BrN3OS. The Labute approximate surface area is 153 Å². The van der Waals surface area contributed by atoms with E-state index in [0.29, 0.717) is 11.6 Å². The molecule has 0 saturated carbocycles. The van der Waals surface area contributed by atoms with Gasteiger partial charge < -0.3 is 4.90 Å². The van der Waals surface area contributed by atoms with E-state index in [9.17, 15) is 4.79 Å². The van der Waals surface area contributed by atoms with Gasteiger partial charge in [0.25, 0.3) is 0 Å². The monoisotopic (exact) mass is 401 g/mol. The Morgan fingerprint density at radius 1 is 1.08 bits per heavy atom. The maximum atomic E-state index is 11.9. The molecule has 3 rings (SSSR count). The first kappa shape index (κ1) is 16.9. The van der Waals surface area contributed by atoms with Crippen LogP contribution in [0.1, 0.15) is 0 Å². The molecule has 0 unspecified atom stereocenters. The van der Waals surface area contributed by atoms with Crippen LogP contribution in [0.4, 0.5) is 0 Å². The second-order valence-corrected chi connectivity index (χ2v) is 7.33. The lowest BCUT2D eigenvalue weighted by Crippen LogP contribution is -2.23. The number of fused-ring (bicyclic) bond motifs is 1. The van der Waals surface area contributed by atoms with E-state index in [1.807, 2.05) is 48.5 Å². The lowest BCUT2D eigenvalue weighted by molar-refractivity contribution is -0.125. The third kappa shape index (κ3) is 3.76. The molecule has 0 N–H and O–H groups in total. The summed E-state index contributed by atoms with van der Waals surface area (Å²) in [5.41, 5.74) is 1.83. The first-order valence-corrected chi connectivity index (χ1v) is 9.18. The van der Waals surface area contributed by atoms with Crippen LogP contribution in [0.25, 0.3) is 22.3 Å². The van der Waals surface area contributed by atoms with Gasteiger partial charge in [-0.25, -0.2) is 9.97 Å². The molecule has 1 amide bonds. The quantitative estimate of drug-likeness (QED) is 0.484. The largest absolute Gasteiger partial charge is 0.348 e. The van der Waals surface area contributed by atoms with Crippen LogP contribution in [0.3, 0.4) is 0 Å². The Morgan fingerprint density at radius 2 is 1.79 bits per heavy atom. The van der Waals surface area contributed by atoms with Crippen molar-refractivity contribution in [2.75, 3.05) is 19.8 Å². The van der Waals surface area contributed by atoms with Crippen LogP contribution < -0.4 is 0 Å². The highest BCUT2D eigenvalue weighted by molar-refractivity contribution is 9.10. The minimum atomic E-state index is 0.0629. The molecule has 0 aliphatic carbocycles. The summed E-state index contributed by atoms with van der Waals surface area (Å²) in [6, 6.07) is 15.8. The Kier molecular flexibility index (Phi) is 5.16. The number of halogens is 1. The van der Waals surface area contributed by atoms with Crippen molar-refractivity contribution in [2.45, 2.75) is 5.03 Å². The molecule has 0 aliphatic heterocycles. The Hall–Kier alpha value is -1.92. The maximum absolute atomic E-state index is 11.9. The second-order valence-electron chi connectivity index (χ2n) is 5.45. The van der Waals surface area contributed by atoms with Gasteiger partial charge in [-0.1, -0.05) is 58.0 Å². The van der Waals surface area contributed by atoms with Gasteiger partial charge in [0.2, 0.25) is 5.91 Å². The fourth-order valence-corrected chi connectivity index (χ4v) is 3.41. The summed E-state index contributed by atoms with van der Waals surface area (Å²) in [6.45, 7) is 0. The topological polar surface area (TPSA) is 46.1 Å². The lowest BCUT2D eigenvalue weighted by atomic mass is 10.2. The number of benzene rings is 2. The van der Waals surface area contributed by atoms with Gasteiger partial charge in [-0.05, 0) is 18.2 Å². The normalized spacial score (nSPS) is 10.8. The molecule has 6 heteroatoms. The number of carbonyl (C=O) groups excluding carboxylic acids is 1. The van der Waals surface area contributed by atoms with E-state index in [4.69, 9.17) is 4.98 Å². The highest BCUT2D eigenvalue weighted by Gasteiger charge is 2.12. The molecule has 1 aromatic heterocycles. The first-order valence-electron chi connectivity index (χ1n) is 7.40. The van der Waals surface area contributed by atoms with Crippen LogP contribution in [0.2, 0.25) is 0 Å². The number of thioether (sulfide) groups is 1. The molecule has 0 spiro atoms. The predicted molar refractivity (Wildman–Crippen MR) is 102 cm³/mol. The summed E-state index contributed by atoms with van der Waals surface area (Å²) in [7, 11) is 3.52. The summed E-state index contributed by atoms with van der Waals surface area (Å²) in [5, 5.41) is 1.80. The number of rotatable bonds is 4. The smallest absolute Gasteiger partial charge is 0.232 e. The number of amides is 1. The summed E-state index contributed by atoms with van der Waals surface area (Å²) in [5.74, 6) is 1.09. The van der Waals surface area contributed by atoms with E-state index in [2.05, 4.69) is 20.9 Å². The predicted octanol–water partition coefficient (Wildman–Crippen LogP) is 4.24. The van der Waals surface area contributed by atoms with Crippen molar-refractivity contribution < 1.29 is 4.79 Å². The molecule has 0 fully saturated rings. The van der Waals surface area contributed by atoms with Gasteiger partial charge in [0, 0.05) is 29.5 Å². The molecule has 0 saturated heterocycles. The number of hydrogen-bond donors (Lipinski definition) is 0. The van der Waals surface area contributed by atoms with Gasteiger partial charge in [0.1, 0.15) is 5.03 Å². The lowest BCUT2D eigenvalue weighted by Gasteiger charge is -2.11. The number of hydrogen-bond acceptors (Lipinski definition) is 4. The standard InChI is InChI=1S/C18H16BrN3OS/c1-22(2)16(23)11-24-18-14-5-3-4-6-15(14)20-17(21-18)12-7-9-13(19)10-8-12/h3-10H,11H2,1-2H3. The van der Waals surface area contributed by atoms with Crippen LogP contribution in [0, 0.1) is 0 Å². The van der Waals surface area contributed by atoms with E-state index in [1.165, 1.54) is 11.8 Å². The van der Waals surface area contributed by atoms with E-state index in [1.54, 1.807) is 19.0 Å². The van der Waals surface area contributed by atoms with Gasteiger partial charge in [-0.2, -0.15) is 0 Å². The fraction of sp³-hybridized carbons (Fsp3) is 0.167. The molecule has 3 aromatic rings. The van der Waals surface area contributed by atoms with Crippen molar-refractivity contribution in [1.29, 1.82) is 0 Å². The average molecular weight is 402 g/mol. The highest BCUT2D eigenvalue weighted by atomic mass is 79.9. The average Bonchev–Trinajstić information content (AvgIpc) is 2.59. The molecule has 4 nitrogen and oxygen atoms in total. The van der Waals surface area contributed by atoms with Gasteiger partial charge in [-0.3, -0.25) is 4.79 Å². The Balaban J connectivity index is 2.02. The Morgan fingerprint density at radius 3 is 2.50 bits per heavy atom. The van der Waals surface area contributed by atoms with Gasteiger partial charge >= 0.3 is 0 Å². The van der Waals surface area contributed by atoms with Gasteiger partial charge in [0.05, 0.1) is 11.3 Å². The second kappa shape index (κ2) is 7.32. The van der Waals surface area contributed by atoms with Gasteiger partial charge in [-0.15, -0.1) is 0 Å². The minimum Gasteiger partial charge on any atom is -0.348 e. The summed E-state index contributed by atoms with van der Waals surface area (Å²) >= 11 is 4.89. The fourth-order valence-electron chi connectivity index (χ4n) is 2.14. The third-order valence-corrected chi connectivity index (χ3v) is 5.01. The molecular weight excluding hydrogens is 386 g/mol. The van der Waals surface area contributed by atoms with Gasteiger partial charge in [0.15, 0.2) is 5.82 Å². The zero-order valence-corrected chi connectivity index (χ0v) is 15.8. The van der Waals surface area contributed by atoms with Crippen LogP contribution in [0.5, 0.6) is 0 Å². The van der Waals surface area contributed by atoms with Crippen molar-refractivity contribution in [1.82, 2.24) is 14.9 Å². The van der Waals surface area contributed by atoms with Crippen LogP contribution >= 0.6 is 27.7 Å². The van der Waals surface area contributed by atoms with Crippen molar-refractivity contribution in [2.24, 2.45) is 0 Å². The number of aromatic nitrogens is 2. The molecule has 122 valence electrons. The van der Waals surface area contributed by atoms with E-state index >= 15 is 0 Å². The summed E-state index contributed by atoms with van der Waals surface area (Å²) in [6.07, 6.45) is 0. The minimum absolute atomic E-state index is 0.0629. The van der Waals surface area contributed by atoms with Crippen molar-refractivity contribution in [3.8, 4) is 11.4 Å². The maximum Gasteiger partial charge on any atom is 0.232 e. The van der Waals surface area contributed by atoms with E-state index in [-0.39, 0.29) is 5.91 Å². The van der Waals surface area contributed by atoms with E-state index < -0.39 is 0 Å². The zero-order chi connectivity index (χ0) is 17.1. The molecule has 24 heavy (non-hydrogen) atoms. The molecule has 2 aromatic carbocycles. The van der Waals surface area contributed by atoms with E-state index in [0.717, 1.165) is 26.0 Å². The number of nitrogens with zero attached hydrogens (tertiary/aromatic N) is 3. The SMILES string of the molecule is CN(C)C(=O)CSc1nc(-c2ccc(Br)cc2)nc2ccccc12. The number of para-hydroxylation sites is 1. The van der Waals surface area contributed by atoms with Crippen LogP contribution in [-0.2, 0) is 4.79 Å². The van der Waals surface area contributed by atoms with Crippen LogP contribution in [-0.4, -0.2) is 40.6 Å². The third-order valence-electron chi connectivity index (χ3n) is 3.50. The van der Waals surface area contributed by atoms with Crippen molar-refractivity contribution in [3.63, 3.8) is 0 Å². The van der Waals surface area contributed by atoms with Crippen LogP contribution in [0.15, 0.2) is 58.0 Å². The number of carbonyl (C=O) groups is 1. The molecule has 0 atom stereocenters. The molecule has 0 radical (unpaired) electrons. The first-order chi connectivity index (χ1) is 11.5. The highest BCUT2D eigenvalue weighted by Crippen LogP contribution is 2.28. The molecule has 0 aliphatic rings. The Bertz CT molecular complexity index is 881.